The fourth-order valence-corrected chi connectivity index (χ4v) is 3.47. The number of hydrogen-bond acceptors (Lipinski definition) is 4. The summed E-state index contributed by atoms with van der Waals surface area (Å²) in [6, 6.07) is 9.67. The van der Waals surface area contributed by atoms with Gasteiger partial charge in [0.05, 0.1) is 10.6 Å². The normalized spacial score (nSPS) is 16.6. The number of aromatic nitrogens is 1. The number of thioether (sulfide) groups is 1. The second-order valence-electron chi connectivity index (χ2n) is 5.07. The first kappa shape index (κ1) is 14.9. The Morgan fingerprint density at radius 3 is 2.55 bits per heavy atom. The van der Waals surface area contributed by atoms with Gasteiger partial charge in [0.1, 0.15) is 0 Å². The van der Waals surface area contributed by atoms with Crippen LogP contribution in [0.15, 0.2) is 47.6 Å². The Morgan fingerprint density at radius 2 is 1.86 bits per heavy atom. The predicted molar refractivity (Wildman–Crippen MR) is 95.8 cm³/mol. The molecule has 2 heterocycles. The molecule has 0 spiro atoms. The molecule has 0 N–H and O–H groups in total. The van der Waals surface area contributed by atoms with Crippen molar-refractivity contribution in [3.63, 3.8) is 0 Å². The molecule has 1 fully saturated rings. The van der Waals surface area contributed by atoms with E-state index in [0.29, 0.717) is 9.23 Å². The third-order valence-electron chi connectivity index (χ3n) is 3.55. The summed E-state index contributed by atoms with van der Waals surface area (Å²) in [5.41, 5.74) is 4.10. The molecule has 0 atom stereocenters. The average Bonchev–Trinajstić information content (AvgIpc) is 2.78. The maximum absolute atomic E-state index is 12.7. The molecule has 1 aromatic carbocycles. The lowest BCUT2D eigenvalue weighted by atomic mass is 10.1. The van der Waals surface area contributed by atoms with Crippen molar-refractivity contribution in [3.8, 4) is 0 Å². The van der Waals surface area contributed by atoms with Crippen LogP contribution in [0, 0.1) is 13.8 Å². The fraction of sp³-hybridized carbons (Fsp3) is 0.118. The summed E-state index contributed by atoms with van der Waals surface area (Å²) in [5.74, 6) is -0.0740. The van der Waals surface area contributed by atoms with E-state index < -0.39 is 0 Å². The van der Waals surface area contributed by atoms with E-state index in [0.717, 1.165) is 16.8 Å². The lowest BCUT2D eigenvalue weighted by Gasteiger charge is -2.15. The van der Waals surface area contributed by atoms with Crippen molar-refractivity contribution in [2.45, 2.75) is 13.8 Å². The smallest absolute Gasteiger partial charge is 0.268 e. The minimum Gasteiger partial charge on any atom is -0.268 e. The summed E-state index contributed by atoms with van der Waals surface area (Å²) in [6.07, 6.45) is 5.26. The van der Waals surface area contributed by atoms with Crippen LogP contribution in [0.25, 0.3) is 6.08 Å². The van der Waals surface area contributed by atoms with Crippen LogP contribution < -0.4 is 4.90 Å². The van der Waals surface area contributed by atoms with Gasteiger partial charge >= 0.3 is 0 Å². The van der Waals surface area contributed by atoms with E-state index in [1.165, 1.54) is 17.3 Å². The highest BCUT2D eigenvalue weighted by molar-refractivity contribution is 8.27. The van der Waals surface area contributed by atoms with Gasteiger partial charge in [-0.05, 0) is 60.9 Å². The number of hydrogen-bond donors (Lipinski definition) is 0. The van der Waals surface area contributed by atoms with Gasteiger partial charge in [-0.3, -0.25) is 14.7 Å². The van der Waals surface area contributed by atoms with Crippen molar-refractivity contribution in [2.75, 3.05) is 4.90 Å². The summed E-state index contributed by atoms with van der Waals surface area (Å²) in [6.45, 7) is 4.08. The molecule has 3 rings (SSSR count). The molecule has 2 aromatic rings. The van der Waals surface area contributed by atoms with Gasteiger partial charge in [-0.25, -0.2) is 0 Å². The average molecular weight is 326 g/mol. The molecule has 1 amide bonds. The number of amides is 1. The van der Waals surface area contributed by atoms with E-state index in [1.54, 1.807) is 17.3 Å². The first-order valence-electron chi connectivity index (χ1n) is 6.81. The number of carbonyl (C=O) groups excluding carboxylic acids is 1. The molecule has 0 bridgehead atoms. The predicted octanol–water partition coefficient (Wildman–Crippen LogP) is 4.10. The zero-order valence-corrected chi connectivity index (χ0v) is 13.9. The van der Waals surface area contributed by atoms with Gasteiger partial charge in [0.25, 0.3) is 5.91 Å². The molecule has 22 heavy (non-hydrogen) atoms. The van der Waals surface area contributed by atoms with Crippen molar-refractivity contribution in [1.82, 2.24) is 4.98 Å². The van der Waals surface area contributed by atoms with Crippen LogP contribution in [0.2, 0.25) is 0 Å². The topological polar surface area (TPSA) is 33.2 Å². The van der Waals surface area contributed by atoms with Gasteiger partial charge in [0.2, 0.25) is 0 Å². The van der Waals surface area contributed by atoms with Crippen molar-refractivity contribution in [3.05, 3.63) is 64.3 Å². The fourth-order valence-electron chi connectivity index (χ4n) is 2.17. The Labute approximate surface area is 139 Å². The van der Waals surface area contributed by atoms with Crippen LogP contribution in [0.1, 0.15) is 16.7 Å². The molecular formula is C17H14N2OS2. The second-order valence-corrected chi connectivity index (χ2v) is 6.74. The van der Waals surface area contributed by atoms with Gasteiger partial charge < -0.3 is 0 Å². The quantitative estimate of drug-likeness (QED) is 0.614. The van der Waals surface area contributed by atoms with Crippen LogP contribution in [0.3, 0.4) is 0 Å². The third kappa shape index (κ3) is 2.82. The van der Waals surface area contributed by atoms with E-state index in [9.17, 15) is 4.79 Å². The molecule has 3 nitrogen and oxygen atoms in total. The van der Waals surface area contributed by atoms with Gasteiger partial charge in [0, 0.05) is 12.4 Å². The van der Waals surface area contributed by atoms with Crippen LogP contribution in [-0.2, 0) is 4.79 Å². The number of rotatable bonds is 2. The maximum Gasteiger partial charge on any atom is 0.270 e. The van der Waals surface area contributed by atoms with E-state index in [-0.39, 0.29) is 5.91 Å². The molecule has 0 aliphatic carbocycles. The second kappa shape index (κ2) is 6.02. The molecule has 1 aliphatic heterocycles. The highest BCUT2D eigenvalue weighted by Gasteiger charge is 2.33. The number of benzene rings is 1. The van der Waals surface area contributed by atoms with Crippen molar-refractivity contribution < 1.29 is 4.79 Å². The largest absolute Gasteiger partial charge is 0.270 e. The Hall–Kier alpha value is -1.98. The Morgan fingerprint density at radius 1 is 1.14 bits per heavy atom. The molecule has 5 heteroatoms. The van der Waals surface area contributed by atoms with Crippen LogP contribution >= 0.6 is 24.0 Å². The Bertz CT molecular complexity index is 785. The molecule has 1 aliphatic rings. The number of aryl methyl sites for hydroxylation is 2. The monoisotopic (exact) mass is 326 g/mol. The van der Waals surface area contributed by atoms with E-state index in [1.807, 2.05) is 50.3 Å². The molecule has 1 aromatic heterocycles. The lowest BCUT2D eigenvalue weighted by molar-refractivity contribution is -0.113. The summed E-state index contributed by atoms with van der Waals surface area (Å²) in [5, 5.41) is 0. The number of thiocarbonyl (C=S) groups is 1. The molecule has 1 saturated heterocycles. The molecule has 0 unspecified atom stereocenters. The van der Waals surface area contributed by atoms with Gasteiger partial charge in [0.15, 0.2) is 4.32 Å². The zero-order chi connectivity index (χ0) is 15.7. The highest BCUT2D eigenvalue weighted by atomic mass is 32.2. The molecule has 110 valence electrons. The zero-order valence-electron chi connectivity index (χ0n) is 12.2. The maximum atomic E-state index is 12.7. The van der Waals surface area contributed by atoms with E-state index in [2.05, 4.69) is 4.98 Å². The van der Waals surface area contributed by atoms with Gasteiger partial charge in [-0.2, -0.15) is 0 Å². The number of nitrogens with zero attached hydrogens (tertiary/aromatic N) is 2. The Kier molecular flexibility index (Phi) is 4.09. The summed E-state index contributed by atoms with van der Waals surface area (Å²) >= 11 is 6.71. The molecular weight excluding hydrogens is 312 g/mol. The third-order valence-corrected chi connectivity index (χ3v) is 4.85. The number of pyridine rings is 1. The van der Waals surface area contributed by atoms with Crippen LogP contribution in [-0.4, -0.2) is 15.2 Å². The Balaban J connectivity index is 1.95. The molecule has 0 radical (unpaired) electrons. The highest BCUT2D eigenvalue weighted by Crippen LogP contribution is 2.36. The number of carbonyl (C=O) groups is 1. The van der Waals surface area contributed by atoms with Crippen LogP contribution in [0.5, 0.6) is 0 Å². The minimum atomic E-state index is -0.0740. The van der Waals surface area contributed by atoms with E-state index >= 15 is 0 Å². The van der Waals surface area contributed by atoms with Gasteiger partial charge in [-0.1, -0.05) is 30.0 Å². The lowest BCUT2D eigenvalue weighted by Crippen LogP contribution is -2.27. The van der Waals surface area contributed by atoms with Crippen molar-refractivity contribution in [1.29, 1.82) is 0 Å². The van der Waals surface area contributed by atoms with Crippen LogP contribution in [0.4, 0.5) is 5.69 Å². The summed E-state index contributed by atoms with van der Waals surface area (Å²) < 4.78 is 0.563. The first-order valence-corrected chi connectivity index (χ1v) is 8.04. The van der Waals surface area contributed by atoms with Crippen molar-refractivity contribution >= 4 is 46.0 Å². The van der Waals surface area contributed by atoms with Crippen molar-refractivity contribution in [2.24, 2.45) is 0 Å². The standard InChI is InChI=1S/C17H14N2OS2/c1-11-3-4-14(9-12(11)2)19-16(20)15(22-17(19)21)10-13-5-7-18-8-6-13/h3-10H,1-2H3/b15-10-. The summed E-state index contributed by atoms with van der Waals surface area (Å²) in [4.78, 5) is 18.9. The SMILES string of the molecule is Cc1ccc(N2C(=O)/C(=C/c3ccncc3)SC2=S)cc1C. The molecule has 0 saturated carbocycles. The first-order chi connectivity index (χ1) is 10.6. The summed E-state index contributed by atoms with van der Waals surface area (Å²) in [7, 11) is 0. The van der Waals surface area contributed by atoms with E-state index in [4.69, 9.17) is 12.2 Å². The van der Waals surface area contributed by atoms with Gasteiger partial charge in [-0.15, -0.1) is 0 Å². The minimum absolute atomic E-state index is 0.0740. The number of anilines is 1.